The fraction of sp³-hybridized carbons (Fsp3) is 0.467. The number of amides is 1. The number of nitrogens with zero attached hydrogens (tertiary/aromatic N) is 3. The van der Waals surface area contributed by atoms with E-state index in [4.69, 9.17) is 17.3 Å². The van der Waals surface area contributed by atoms with Gasteiger partial charge in [-0.2, -0.15) is 0 Å². The molecule has 1 aliphatic heterocycles. The van der Waals surface area contributed by atoms with Crippen LogP contribution in [0.3, 0.4) is 0 Å². The number of piperazine rings is 1. The lowest BCUT2D eigenvalue weighted by molar-refractivity contribution is -0.134. The van der Waals surface area contributed by atoms with E-state index in [-0.39, 0.29) is 11.9 Å². The second kappa shape index (κ2) is 6.80. The number of aliphatic imine (C=N–C) groups is 1. The number of hydrogen-bond donors (Lipinski definition) is 1. The Balaban J connectivity index is 1.98. The minimum absolute atomic E-state index is 0.116. The molecular formula is C15H21ClN4O. The first-order valence-electron chi connectivity index (χ1n) is 7.02. The summed E-state index contributed by atoms with van der Waals surface area (Å²) in [5.41, 5.74) is 6.77. The van der Waals surface area contributed by atoms with Crippen LogP contribution in [-0.4, -0.2) is 54.4 Å². The first-order chi connectivity index (χ1) is 10.0. The van der Waals surface area contributed by atoms with E-state index in [9.17, 15) is 4.79 Å². The van der Waals surface area contributed by atoms with Gasteiger partial charge in [-0.1, -0.05) is 23.7 Å². The van der Waals surface area contributed by atoms with Crippen molar-refractivity contribution >= 4 is 23.5 Å². The molecule has 5 nitrogen and oxygen atoms in total. The Labute approximate surface area is 130 Å². The number of guanidine groups is 1. The van der Waals surface area contributed by atoms with Gasteiger partial charge in [0.25, 0.3) is 0 Å². The van der Waals surface area contributed by atoms with Crippen molar-refractivity contribution in [2.24, 2.45) is 10.7 Å². The molecule has 1 aromatic carbocycles. The Kier molecular flexibility index (Phi) is 5.07. The maximum absolute atomic E-state index is 12.4. The van der Waals surface area contributed by atoms with Crippen molar-refractivity contribution in [2.75, 3.05) is 26.7 Å². The third-order valence-electron chi connectivity index (χ3n) is 3.75. The molecule has 6 heteroatoms. The lowest BCUT2D eigenvalue weighted by Crippen LogP contribution is -2.57. The van der Waals surface area contributed by atoms with Crippen LogP contribution < -0.4 is 5.73 Å². The highest BCUT2D eigenvalue weighted by atomic mass is 35.5. The number of benzene rings is 1. The zero-order chi connectivity index (χ0) is 15.4. The normalized spacial score (nSPS) is 19.8. The third kappa shape index (κ3) is 3.88. The van der Waals surface area contributed by atoms with Crippen molar-refractivity contribution in [3.63, 3.8) is 0 Å². The van der Waals surface area contributed by atoms with E-state index >= 15 is 0 Å². The molecule has 1 fully saturated rings. The van der Waals surface area contributed by atoms with Crippen LogP contribution in [0.25, 0.3) is 0 Å². The van der Waals surface area contributed by atoms with E-state index in [1.807, 2.05) is 41.0 Å². The van der Waals surface area contributed by atoms with E-state index in [1.54, 1.807) is 7.05 Å². The first kappa shape index (κ1) is 15.6. The summed E-state index contributed by atoms with van der Waals surface area (Å²) in [4.78, 5) is 20.3. The smallest absolute Gasteiger partial charge is 0.227 e. The van der Waals surface area contributed by atoms with Gasteiger partial charge in [0, 0.05) is 37.7 Å². The quantitative estimate of drug-likeness (QED) is 0.663. The summed E-state index contributed by atoms with van der Waals surface area (Å²) < 4.78 is 0. The molecule has 1 aliphatic rings. The molecule has 1 amide bonds. The average molecular weight is 309 g/mol. The lowest BCUT2D eigenvalue weighted by atomic mass is 10.1. The molecule has 2 rings (SSSR count). The molecule has 0 aliphatic carbocycles. The van der Waals surface area contributed by atoms with E-state index in [0.717, 1.165) is 12.1 Å². The molecule has 1 heterocycles. The Morgan fingerprint density at radius 1 is 1.48 bits per heavy atom. The zero-order valence-corrected chi connectivity index (χ0v) is 13.2. The molecule has 1 saturated heterocycles. The number of carbonyl (C=O) groups excluding carboxylic acids is 1. The van der Waals surface area contributed by atoms with Gasteiger partial charge in [0.1, 0.15) is 0 Å². The van der Waals surface area contributed by atoms with Crippen molar-refractivity contribution in [3.8, 4) is 0 Å². The van der Waals surface area contributed by atoms with Crippen LogP contribution in [0, 0.1) is 0 Å². The summed E-state index contributed by atoms with van der Waals surface area (Å²) in [5, 5.41) is 0.657. The van der Waals surface area contributed by atoms with Gasteiger partial charge < -0.3 is 15.5 Å². The second-order valence-corrected chi connectivity index (χ2v) is 5.71. The maximum Gasteiger partial charge on any atom is 0.227 e. The Bertz CT molecular complexity index is 546. The molecule has 0 aromatic heterocycles. The molecule has 0 radical (unpaired) electrons. The Morgan fingerprint density at radius 2 is 2.24 bits per heavy atom. The van der Waals surface area contributed by atoms with Crippen molar-refractivity contribution < 1.29 is 4.79 Å². The topological polar surface area (TPSA) is 61.9 Å². The number of nitrogens with two attached hydrogens (primary N) is 1. The predicted molar refractivity (Wildman–Crippen MR) is 85.5 cm³/mol. The number of rotatable bonds is 2. The molecular weight excluding hydrogens is 288 g/mol. The van der Waals surface area contributed by atoms with Crippen molar-refractivity contribution in [2.45, 2.75) is 19.4 Å². The number of hydrogen-bond acceptors (Lipinski definition) is 2. The fourth-order valence-electron chi connectivity index (χ4n) is 2.60. The lowest BCUT2D eigenvalue weighted by Gasteiger charge is -2.40. The van der Waals surface area contributed by atoms with Crippen LogP contribution >= 0.6 is 11.6 Å². The Morgan fingerprint density at radius 3 is 2.86 bits per heavy atom. The number of halogens is 1. The minimum atomic E-state index is 0.116. The summed E-state index contributed by atoms with van der Waals surface area (Å²) >= 11 is 5.95. The van der Waals surface area contributed by atoms with Gasteiger partial charge in [0.05, 0.1) is 6.42 Å². The van der Waals surface area contributed by atoms with Crippen molar-refractivity contribution in [3.05, 3.63) is 34.9 Å². The highest BCUT2D eigenvalue weighted by Gasteiger charge is 2.27. The van der Waals surface area contributed by atoms with Gasteiger partial charge in [-0.15, -0.1) is 0 Å². The van der Waals surface area contributed by atoms with Gasteiger partial charge in [0.15, 0.2) is 5.96 Å². The predicted octanol–water partition coefficient (Wildman–Crippen LogP) is 1.36. The van der Waals surface area contributed by atoms with Crippen LogP contribution in [0.2, 0.25) is 5.02 Å². The molecule has 1 aromatic rings. The molecule has 0 saturated carbocycles. The largest absolute Gasteiger partial charge is 0.370 e. The molecule has 114 valence electrons. The minimum Gasteiger partial charge on any atom is -0.370 e. The third-order valence-corrected chi connectivity index (χ3v) is 3.98. The van der Waals surface area contributed by atoms with Crippen LogP contribution in [-0.2, 0) is 11.2 Å². The summed E-state index contributed by atoms with van der Waals surface area (Å²) in [7, 11) is 1.68. The summed E-state index contributed by atoms with van der Waals surface area (Å²) in [6.45, 7) is 4.13. The first-order valence-corrected chi connectivity index (χ1v) is 7.40. The van der Waals surface area contributed by atoms with E-state index in [1.165, 1.54) is 0 Å². The molecule has 0 bridgehead atoms. The zero-order valence-electron chi connectivity index (χ0n) is 12.4. The standard InChI is InChI=1S/C15H21ClN4O/c1-11-10-19(15(17)18-2)6-7-20(11)14(21)9-12-4-3-5-13(16)8-12/h3-5,8,11H,6-7,9-10H2,1-2H3,(H2,17,18). The van der Waals surface area contributed by atoms with Gasteiger partial charge in [-0.3, -0.25) is 9.79 Å². The summed E-state index contributed by atoms with van der Waals surface area (Å²) in [6.07, 6.45) is 0.377. The Hall–Kier alpha value is -1.75. The van der Waals surface area contributed by atoms with Gasteiger partial charge >= 0.3 is 0 Å². The summed E-state index contributed by atoms with van der Waals surface area (Å²) in [6, 6.07) is 7.55. The number of carbonyl (C=O) groups is 1. The molecule has 2 N–H and O–H groups in total. The highest BCUT2D eigenvalue weighted by Crippen LogP contribution is 2.15. The van der Waals surface area contributed by atoms with Crippen LogP contribution in [0.4, 0.5) is 0 Å². The highest BCUT2D eigenvalue weighted by molar-refractivity contribution is 6.30. The van der Waals surface area contributed by atoms with E-state index < -0.39 is 0 Å². The molecule has 21 heavy (non-hydrogen) atoms. The van der Waals surface area contributed by atoms with Crippen LogP contribution in [0.15, 0.2) is 29.3 Å². The fourth-order valence-corrected chi connectivity index (χ4v) is 2.81. The molecule has 1 atom stereocenters. The van der Waals surface area contributed by atoms with Crippen LogP contribution in [0.5, 0.6) is 0 Å². The second-order valence-electron chi connectivity index (χ2n) is 5.27. The van der Waals surface area contributed by atoms with Gasteiger partial charge in [0.2, 0.25) is 5.91 Å². The maximum atomic E-state index is 12.4. The van der Waals surface area contributed by atoms with Crippen molar-refractivity contribution in [1.29, 1.82) is 0 Å². The monoisotopic (exact) mass is 308 g/mol. The van der Waals surface area contributed by atoms with Crippen LogP contribution in [0.1, 0.15) is 12.5 Å². The van der Waals surface area contributed by atoms with E-state index in [0.29, 0.717) is 30.5 Å². The molecule has 1 unspecified atom stereocenters. The van der Waals surface area contributed by atoms with Gasteiger partial charge in [-0.25, -0.2) is 0 Å². The average Bonchev–Trinajstić information content (AvgIpc) is 2.46. The van der Waals surface area contributed by atoms with E-state index in [2.05, 4.69) is 4.99 Å². The van der Waals surface area contributed by atoms with Gasteiger partial charge in [-0.05, 0) is 24.6 Å². The summed E-state index contributed by atoms with van der Waals surface area (Å²) in [5.74, 6) is 0.653. The molecule has 0 spiro atoms. The van der Waals surface area contributed by atoms with Crippen molar-refractivity contribution in [1.82, 2.24) is 9.80 Å². The SMILES string of the molecule is CN=C(N)N1CCN(C(=O)Cc2cccc(Cl)c2)C(C)C1.